The van der Waals surface area contributed by atoms with Crippen molar-refractivity contribution in [2.24, 2.45) is 0 Å². The van der Waals surface area contributed by atoms with E-state index in [1.807, 2.05) is 6.07 Å². The van der Waals surface area contributed by atoms with E-state index in [0.29, 0.717) is 11.3 Å². The summed E-state index contributed by atoms with van der Waals surface area (Å²) in [5.41, 5.74) is 0.310. The fourth-order valence-corrected chi connectivity index (χ4v) is 3.76. The molecular formula is C23H12F4N2O2S. The summed E-state index contributed by atoms with van der Waals surface area (Å²) in [6.45, 7) is 0. The first-order chi connectivity index (χ1) is 15.3. The Morgan fingerprint density at radius 2 is 1.78 bits per heavy atom. The van der Waals surface area contributed by atoms with Gasteiger partial charge in [-0.25, -0.2) is 9.37 Å². The van der Waals surface area contributed by atoms with Crippen LogP contribution in [0, 0.1) is 17.1 Å². The Morgan fingerprint density at radius 3 is 2.47 bits per heavy atom. The molecule has 0 amide bonds. The summed E-state index contributed by atoms with van der Waals surface area (Å²) in [5, 5.41) is 22.0. The number of allylic oxidation sites excluding steroid dienone is 1. The van der Waals surface area contributed by atoms with Gasteiger partial charge in [-0.05, 0) is 48.5 Å². The molecule has 9 heteroatoms. The van der Waals surface area contributed by atoms with Crippen LogP contribution in [0.1, 0.15) is 16.3 Å². The molecule has 32 heavy (non-hydrogen) atoms. The maximum atomic E-state index is 13.1. The van der Waals surface area contributed by atoms with Gasteiger partial charge in [-0.15, -0.1) is 11.3 Å². The van der Waals surface area contributed by atoms with Crippen LogP contribution in [0.2, 0.25) is 0 Å². The van der Waals surface area contributed by atoms with Crippen LogP contribution in [0.5, 0.6) is 0 Å². The third-order valence-corrected chi connectivity index (χ3v) is 5.38. The summed E-state index contributed by atoms with van der Waals surface area (Å²) in [7, 11) is 0. The third kappa shape index (κ3) is 4.26. The minimum Gasteiger partial charge on any atom is -0.503 e. The monoisotopic (exact) mass is 456 g/mol. The standard InChI is InChI=1S/C23H12F4N2O2S/c24-16-6-4-13(5-7-16)18-12-32-22(29-18)17(11-28)21(30)20-9-8-19(31-20)14-2-1-3-15(10-14)23(25,26)27/h1-10,12,30H. The lowest BCUT2D eigenvalue weighted by Gasteiger charge is -2.07. The van der Waals surface area contributed by atoms with Crippen LogP contribution in [0.25, 0.3) is 33.9 Å². The van der Waals surface area contributed by atoms with Gasteiger partial charge in [0.05, 0.1) is 11.3 Å². The predicted molar refractivity (Wildman–Crippen MR) is 112 cm³/mol. The molecule has 4 rings (SSSR count). The Kier molecular flexibility index (Phi) is 5.55. The Bertz CT molecular complexity index is 1350. The van der Waals surface area contributed by atoms with Gasteiger partial charge in [0, 0.05) is 16.5 Å². The fraction of sp³-hybridized carbons (Fsp3) is 0.0435. The summed E-state index contributed by atoms with van der Waals surface area (Å²) in [6, 6.07) is 14.9. The number of halogens is 4. The SMILES string of the molecule is N#CC(=C(O)c1ccc(-c2cccc(C(F)(F)F)c2)o1)c1nc(-c2ccc(F)cc2)cs1. The number of nitrogens with zero attached hydrogens (tertiary/aromatic N) is 2. The number of aliphatic hydroxyl groups is 1. The Hall–Kier alpha value is -3.90. The maximum absolute atomic E-state index is 13.1. The number of nitriles is 1. The van der Waals surface area contributed by atoms with Gasteiger partial charge < -0.3 is 9.52 Å². The van der Waals surface area contributed by atoms with Gasteiger partial charge in [-0.1, -0.05) is 12.1 Å². The number of furan rings is 1. The number of hydrogen-bond donors (Lipinski definition) is 1. The highest BCUT2D eigenvalue weighted by Crippen LogP contribution is 2.35. The first-order valence-corrected chi connectivity index (χ1v) is 9.97. The quantitative estimate of drug-likeness (QED) is 0.201. The van der Waals surface area contributed by atoms with Crippen LogP contribution in [0.3, 0.4) is 0 Å². The predicted octanol–water partition coefficient (Wildman–Crippen LogP) is 7.18. The van der Waals surface area contributed by atoms with Crippen molar-refractivity contribution in [2.75, 3.05) is 0 Å². The molecule has 0 aliphatic rings. The van der Waals surface area contributed by atoms with Gasteiger partial charge in [0.1, 0.15) is 28.2 Å². The van der Waals surface area contributed by atoms with Crippen molar-refractivity contribution in [3.63, 3.8) is 0 Å². The van der Waals surface area contributed by atoms with Crippen molar-refractivity contribution in [1.82, 2.24) is 4.98 Å². The van der Waals surface area contributed by atoms with Crippen molar-refractivity contribution < 1.29 is 27.1 Å². The van der Waals surface area contributed by atoms with Crippen molar-refractivity contribution in [3.8, 4) is 28.7 Å². The molecule has 0 bridgehead atoms. The third-order valence-electron chi connectivity index (χ3n) is 4.52. The molecular weight excluding hydrogens is 444 g/mol. The number of hydrogen-bond acceptors (Lipinski definition) is 5. The second-order valence-corrected chi connectivity index (χ2v) is 7.48. The molecule has 0 fully saturated rings. The van der Waals surface area contributed by atoms with E-state index in [-0.39, 0.29) is 27.7 Å². The lowest BCUT2D eigenvalue weighted by atomic mass is 10.1. The van der Waals surface area contributed by atoms with Gasteiger partial charge in [-0.3, -0.25) is 0 Å². The van der Waals surface area contributed by atoms with Gasteiger partial charge in [0.2, 0.25) is 0 Å². The molecule has 2 heterocycles. The van der Waals surface area contributed by atoms with Crippen LogP contribution < -0.4 is 0 Å². The lowest BCUT2D eigenvalue weighted by molar-refractivity contribution is -0.137. The van der Waals surface area contributed by atoms with E-state index in [0.717, 1.165) is 23.5 Å². The molecule has 160 valence electrons. The smallest absolute Gasteiger partial charge is 0.416 e. The minimum absolute atomic E-state index is 0.0903. The van der Waals surface area contributed by atoms with Crippen LogP contribution >= 0.6 is 11.3 Å². The number of alkyl halides is 3. The van der Waals surface area contributed by atoms with E-state index in [4.69, 9.17) is 4.42 Å². The largest absolute Gasteiger partial charge is 0.503 e. The van der Waals surface area contributed by atoms with E-state index in [9.17, 15) is 27.9 Å². The summed E-state index contributed by atoms with van der Waals surface area (Å²) in [4.78, 5) is 4.32. The molecule has 0 atom stereocenters. The molecule has 0 aliphatic carbocycles. The number of aliphatic hydroxyl groups excluding tert-OH is 1. The van der Waals surface area contributed by atoms with Crippen molar-refractivity contribution in [3.05, 3.63) is 88.2 Å². The summed E-state index contributed by atoms with van der Waals surface area (Å²) >= 11 is 1.10. The molecule has 4 nitrogen and oxygen atoms in total. The highest BCUT2D eigenvalue weighted by Gasteiger charge is 2.30. The molecule has 0 aliphatic heterocycles. The molecule has 4 aromatic rings. The van der Waals surface area contributed by atoms with E-state index in [1.54, 1.807) is 5.38 Å². The van der Waals surface area contributed by atoms with Crippen LogP contribution in [0.4, 0.5) is 17.6 Å². The molecule has 0 radical (unpaired) electrons. The zero-order valence-corrected chi connectivity index (χ0v) is 16.8. The van der Waals surface area contributed by atoms with Gasteiger partial charge >= 0.3 is 6.18 Å². The first kappa shape index (κ1) is 21.3. The molecule has 1 N–H and O–H groups in total. The molecule has 0 unspecified atom stereocenters. The molecule has 2 aromatic carbocycles. The van der Waals surface area contributed by atoms with Crippen LogP contribution in [-0.2, 0) is 6.18 Å². The van der Waals surface area contributed by atoms with Crippen LogP contribution in [0.15, 0.2) is 70.5 Å². The Balaban J connectivity index is 1.67. The van der Waals surface area contributed by atoms with Crippen molar-refractivity contribution >= 4 is 22.7 Å². The average Bonchev–Trinajstić information content (AvgIpc) is 3.45. The Labute approximate surface area is 183 Å². The van der Waals surface area contributed by atoms with Gasteiger partial charge in [-0.2, -0.15) is 18.4 Å². The molecule has 2 aromatic heterocycles. The second kappa shape index (κ2) is 8.32. The highest BCUT2D eigenvalue weighted by molar-refractivity contribution is 7.11. The number of rotatable bonds is 4. The second-order valence-electron chi connectivity index (χ2n) is 6.62. The number of benzene rings is 2. The lowest BCUT2D eigenvalue weighted by Crippen LogP contribution is -2.04. The van der Waals surface area contributed by atoms with E-state index < -0.39 is 23.3 Å². The molecule has 0 saturated heterocycles. The van der Waals surface area contributed by atoms with Gasteiger partial charge in [0.15, 0.2) is 11.5 Å². The van der Waals surface area contributed by atoms with E-state index in [2.05, 4.69) is 4.98 Å². The highest BCUT2D eigenvalue weighted by atomic mass is 32.1. The number of thiazole rings is 1. The summed E-state index contributed by atoms with van der Waals surface area (Å²) < 4.78 is 57.5. The summed E-state index contributed by atoms with van der Waals surface area (Å²) in [5.74, 6) is -0.881. The fourth-order valence-electron chi connectivity index (χ4n) is 2.94. The number of aromatic nitrogens is 1. The Morgan fingerprint density at radius 1 is 1.03 bits per heavy atom. The first-order valence-electron chi connectivity index (χ1n) is 9.09. The topological polar surface area (TPSA) is 70.0 Å². The minimum atomic E-state index is -4.51. The van der Waals surface area contributed by atoms with Crippen molar-refractivity contribution in [1.29, 1.82) is 5.26 Å². The van der Waals surface area contributed by atoms with E-state index >= 15 is 0 Å². The van der Waals surface area contributed by atoms with Crippen molar-refractivity contribution in [2.45, 2.75) is 6.18 Å². The van der Waals surface area contributed by atoms with Gasteiger partial charge in [0.25, 0.3) is 0 Å². The maximum Gasteiger partial charge on any atom is 0.416 e. The average molecular weight is 456 g/mol. The van der Waals surface area contributed by atoms with Crippen LogP contribution in [-0.4, -0.2) is 10.1 Å². The molecule has 0 saturated carbocycles. The molecule has 0 spiro atoms. The zero-order chi connectivity index (χ0) is 22.9. The summed E-state index contributed by atoms with van der Waals surface area (Å²) in [6.07, 6.45) is -4.51. The van der Waals surface area contributed by atoms with E-state index in [1.165, 1.54) is 48.5 Å². The zero-order valence-electron chi connectivity index (χ0n) is 16.0. The normalized spacial score (nSPS) is 12.3.